The third-order valence-electron chi connectivity index (χ3n) is 3.29. The summed E-state index contributed by atoms with van der Waals surface area (Å²) in [6.07, 6.45) is 0. The fourth-order valence-corrected chi connectivity index (χ4v) is 2.52. The Balaban J connectivity index is 2.62. The standard InChI is InChI=1S/C13H5ClN4/c14-10-3-1-2-9(4-10)11-12(5-15,6-16)13(11,7-17)8-18/h1-4,11H. The van der Waals surface area contributed by atoms with Gasteiger partial charge in [-0.15, -0.1) is 0 Å². The fraction of sp³-hybridized carbons (Fsp3) is 0.231. The number of halogens is 1. The Labute approximate surface area is 109 Å². The number of hydrogen-bond donors (Lipinski definition) is 0. The minimum atomic E-state index is -1.61. The summed E-state index contributed by atoms with van der Waals surface area (Å²) < 4.78 is 0. The lowest BCUT2D eigenvalue weighted by Gasteiger charge is -1.99. The molecule has 0 aromatic heterocycles. The van der Waals surface area contributed by atoms with Crippen molar-refractivity contribution in [3.8, 4) is 24.3 Å². The number of nitrogens with zero attached hydrogens (tertiary/aromatic N) is 4. The van der Waals surface area contributed by atoms with Crippen LogP contribution >= 0.6 is 11.6 Å². The molecule has 0 amide bonds. The summed E-state index contributed by atoms with van der Waals surface area (Å²) in [5, 5.41) is 37.0. The van der Waals surface area contributed by atoms with Crippen LogP contribution in [0.3, 0.4) is 0 Å². The van der Waals surface area contributed by atoms with Gasteiger partial charge in [0.15, 0.2) is 10.8 Å². The van der Waals surface area contributed by atoms with E-state index >= 15 is 0 Å². The Morgan fingerprint density at radius 1 is 0.944 bits per heavy atom. The molecular formula is C13H5ClN4. The predicted octanol–water partition coefficient (Wildman–Crippen LogP) is 2.50. The molecule has 1 saturated carbocycles. The van der Waals surface area contributed by atoms with Crippen molar-refractivity contribution in [2.45, 2.75) is 5.92 Å². The quantitative estimate of drug-likeness (QED) is 0.767. The summed E-state index contributed by atoms with van der Waals surface area (Å²) in [5.41, 5.74) is -2.66. The maximum atomic E-state index is 9.15. The van der Waals surface area contributed by atoms with Gasteiger partial charge in [0.05, 0.1) is 30.2 Å². The average Bonchev–Trinajstić information content (AvgIpc) is 3.01. The summed E-state index contributed by atoms with van der Waals surface area (Å²) in [5.74, 6) is -0.742. The van der Waals surface area contributed by atoms with E-state index < -0.39 is 16.7 Å². The second kappa shape index (κ2) is 3.75. The highest BCUT2D eigenvalue weighted by Gasteiger charge is 2.82. The van der Waals surface area contributed by atoms with Gasteiger partial charge in [-0.2, -0.15) is 21.0 Å². The zero-order valence-electron chi connectivity index (χ0n) is 9.05. The molecule has 5 heteroatoms. The Morgan fingerprint density at radius 2 is 1.44 bits per heavy atom. The molecule has 4 nitrogen and oxygen atoms in total. The van der Waals surface area contributed by atoms with Gasteiger partial charge in [0, 0.05) is 5.02 Å². The van der Waals surface area contributed by atoms with Gasteiger partial charge >= 0.3 is 0 Å². The van der Waals surface area contributed by atoms with Crippen LogP contribution in [0.1, 0.15) is 11.5 Å². The van der Waals surface area contributed by atoms with E-state index in [0.717, 1.165) is 0 Å². The first kappa shape index (κ1) is 11.9. The minimum Gasteiger partial charge on any atom is -0.196 e. The van der Waals surface area contributed by atoms with Crippen LogP contribution in [0.5, 0.6) is 0 Å². The lowest BCUT2D eigenvalue weighted by Crippen LogP contribution is -2.05. The molecule has 0 radical (unpaired) electrons. The highest BCUT2D eigenvalue weighted by molar-refractivity contribution is 6.30. The first-order valence-corrected chi connectivity index (χ1v) is 5.40. The van der Waals surface area contributed by atoms with E-state index in [0.29, 0.717) is 10.6 Å². The third kappa shape index (κ3) is 1.16. The normalized spacial score (nSPS) is 18.7. The lowest BCUT2D eigenvalue weighted by atomic mass is 9.98. The molecule has 0 atom stereocenters. The molecule has 0 spiro atoms. The number of hydrogen-bond acceptors (Lipinski definition) is 4. The smallest absolute Gasteiger partial charge is 0.185 e. The topological polar surface area (TPSA) is 95.2 Å². The van der Waals surface area contributed by atoms with Crippen molar-refractivity contribution in [1.82, 2.24) is 0 Å². The molecule has 1 aliphatic carbocycles. The maximum Gasteiger partial charge on any atom is 0.185 e. The molecule has 1 aromatic carbocycles. The van der Waals surface area contributed by atoms with Crippen molar-refractivity contribution in [2.75, 3.05) is 0 Å². The molecule has 1 aliphatic rings. The predicted molar refractivity (Wildman–Crippen MR) is 61.5 cm³/mol. The molecule has 0 heterocycles. The van der Waals surface area contributed by atoms with Crippen molar-refractivity contribution in [1.29, 1.82) is 21.0 Å². The van der Waals surface area contributed by atoms with Crippen molar-refractivity contribution in [3.05, 3.63) is 34.9 Å². The van der Waals surface area contributed by atoms with Crippen molar-refractivity contribution < 1.29 is 0 Å². The van der Waals surface area contributed by atoms with Gasteiger partial charge in [-0.3, -0.25) is 0 Å². The monoisotopic (exact) mass is 252 g/mol. The Hall–Kier alpha value is -2.53. The molecule has 2 rings (SSSR count). The lowest BCUT2D eigenvalue weighted by molar-refractivity contribution is 0.727. The van der Waals surface area contributed by atoms with E-state index in [1.807, 2.05) is 24.3 Å². The van der Waals surface area contributed by atoms with E-state index in [1.54, 1.807) is 24.3 Å². The second-order valence-corrected chi connectivity index (χ2v) is 4.49. The Morgan fingerprint density at radius 3 is 1.83 bits per heavy atom. The molecule has 0 unspecified atom stereocenters. The van der Waals surface area contributed by atoms with Crippen molar-refractivity contribution in [2.24, 2.45) is 10.8 Å². The molecular weight excluding hydrogens is 248 g/mol. The second-order valence-electron chi connectivity index (χ2n) is 4.05. The Kier molecular flexibility index (Phi) is 2.49. The van der Waals surface area contributed by atoms with E-state index in [1.165, 1.54) is 0 Å². The van der Waals surface area contributed by atoms with Gasteiger partial charge in [-0.1, -0.05) is 23.7 Å². The molecule has 0 N–H and O–H groups in total. The fourth-order valence-electron chi connectivity index (χ4n) is 2.32. The van der Waals surface area contributed by atoms with Gasteiger partial charge in [-0.25, -0.2) is 0 Å². The summed E-state index contributed by atoms with van der Waals surface area (Å²) in [4.78, 5) is 0. The SMILES string of the molecule is N#CC1(C#N)C(c2cccc(Cl)c2)C1(C#N)C#N. The summed E-state index contributed by atoms with van der Waals surface area (Å²) in [6.45, 7) is 0. The Bertz CT molecular complexity index is 615. The van der Waals surface area contributed by atoms with Gasteiger partial charge in [0.25, 0.3) is 0 Å². The van der Waals surface area contributed by atoms with Gasteiger partial charge in [0.2, 0.25) is 0 Å². The number of rotatable bonds is 1. The van der Waals surface area contributed by atoms with Crippen LogP contribution < -0.4 is 0 Å². The molecule has 18 heavy (non-hydrogen) atoms. The molecule has 0 aliphatic heterocycles. The first-order chi connectivity index (χ1) is 8.61. The first-order valence-electron chi connectivity index (χ1n) is 5.02. The van der Waals surface area contributed by atoms with E-state index in [9.17, 15) is 0 Å². The van der Waals surface area contributed by atoms with Crippen LogP contribution in [0.15, 0.2) is 24.3 Å². The van der Waals surface area contributed by atoms with Gasteiger partial charge < -0.3 is 0 Å². The van der Waals surface area contributed by atoms with Crippen LogP contribution in [0.4, 0.5) is 0 Å². The van der Waals surface area contributed by atoms with E-state index in [4.69, 9.17) is 32.6 Å². The largest absolute Gasteiger partial charge is 0.196 e. The average molecular weight is 253 g/mol. The highest BCUT2D eigenvalue weighted by atomic mass is 35.5. The molecule has 1 fully saturated rings. The maximum absolute atomic E-state index is 9.15. The zero-order valence-corrected chi connectivity index (χ0v) is 9.81. The molecule has 0 saturated heterocycles. The van der Waals surface area contributed by atoms with Crippen LogP contribution in [-0.4, -0.2) is 0 Å². The van der Waals surface area contributed by atoms with Crippen LogP contribution in [-0.2, 0) is 0 Å². The number of nitriles is 4. The molecule has 84 valence electrons. The van der Waals surface area contributed by atoms with Crippen LogP contribution in [0.25, 0.3) is 0 Å². The summed E-state index contributed by atoms with van der Waals surface area (Å²) in [7, 11) is 0. The summed E-state index contributed by atoms with van der Waals surface area (Å²) >= 11 is 5.84. The highest BCUT2D eigenvalue weighted by Crippen LogP contribution is 2.73. The van der Waals surface area contributed by atoms with E-state index in [2.05, 4.69) is 0 Å². The van der Waals surface area contributed by atoms with E-state index in [-0.39, 0.29) is 0 Å². The third-order valence-corrected chi connectivity index (χ3v) is 3.53. The molecule has 0 bridgehead atoms. The van der Waals surface area contributed by atoms with Crippen molar-refractivity contribution >= 4 is 11.6 Å². The number of benzene rings is 1. The summed E-state index contributed by atoms with van der Waals surface area (Å²) in [6, 6.07) is 13.8. The van der Waals surface area contributed by atoms with Crippen LogP contribution in [0.2, 0.25) is 5.02 Å². The zero-order chi connectivity index (χ0) is 13.4. The van der Waals surface area contributed by atoms with Crippen LogP contribution in [0, 0.1) is 56.2 Å². The molecule has 1 aromatic rings. The van der Waals surface area contributed by atoms with Crippen molar-refractivity contribution in [3.63, 3.8) is 0 Å². The van der Waals surface area contributed by atoms with Gasteiger partial charge in [-0.05, 0) is 17.7 Å². The van der Waals surface area contributed by atoms with Gasteiger partial charge in [0.1, 0.15) is 0 Å². The minimum absolute atomic E-state index is 0.439.